The lowest BCUT2D eigenvalue weighted by Crippen LogP contribution is -2.43. The number of likely N-dealkylation sites (N-methyl/N-ethyl adjacent to an activating group) is 1. The Morgan fingerprint density at radius 2 is 1.92 bits per heavy atom. The normalized spacial score (nSPS) is 15.3. The summed E-state index contributed by atoms with van der Waals surface area (Å²) in [6.07, 6.45) is 6.10. The quantitative estimate of drug-likeness (QED) is 0.777. The van der Waals surface area contributed by atoms with Crippen LogP contribution in [0.2, 0.25) is 0 Å². The fourth-order valence-corrected chi connectivity index (χ4v) is 3.55. The van der Waals surface area contributed by atoms with Crippen LogP contribution in [0.4, 0.5) is 5.69 Å². The van der Waals surface area contributed by atoms with Gasteiger partial charge in [-0.1, -0.05) is 35.2 Å². The van der Waals surface area contributed by atoms with Gasteiger partial charge in [-0.15, -0.1) is 0 Å². The Hall–Kier alpha value is -1.40. The van der Waals surface area contributed by atoms with E-state index >= 15 is 0 Å². The lowest BCUT2D eigenvalue weighted by molar-refractivity contribution is -0.125. The molecule has 1 aromatic carbocycles. The van der Waals surface area contributed by atoms with Crippen LogP contribution in [0.3, 0.4) is 0 Å². The zero-order chi connectivity index (χ0) is 17.5. The SMILES string of the molecule is Cc1cc(Br)ccc1NC(=O)CNC(=O)CN(C)C1CCCCC1. The van der Waals surface area contributed by atoms with Crippen molar-refractivity contribution in [2.24, 2.45) is 0 Å². The molecule has 1 saturated carbocycles. The molecule has 0 radical (unpaired) electrons. The van der Waals surface area contributed by atoms with Crippen molar-refractivity contribution in [1.29, 1.82) is 0 Å². The van der Waals surface area contributed by atoms with Gasteiger partial charge in [-0.05, 0) is 50.6 Å². The molecule has 2 N–H and O–H groups in total. The number of hydrogen-bond donors (Lipinski definition) is 2. The van der Waals surface area contributed by atoms with Crippen molar-refractivity contribution >= 4 is 33.4 Å². The number of aryl methyl sites for hydroxylation is 1. The molecule has 1 aliphatic rings. The van der Waals surface area contributed by atoms with Gasteiger partial charge < -0.3 is 10.6 Å². The van der Waals surface area contributed by atoms with Gasteiger partial charge in [-0.25, -0.2) is 0 Å². The first-order valence-corrected chi connectivity index (χ1v) is 9.28. The maximum atomic E-state index is 12.0. The molecular formula is C18H26BrN3O2. The number of anilines is 1. The van der Waals surface area contributed by atoms with Crippen molar-refractivity contribution in [2.45, 2.75) is 45.1 Å². The van der Waals surface area contributed by atoms with Crippen molar-refractivity contribution in [3.05, 3.63) is 28.2 Å². The number of nitrogens with zero attached hydrogens (tertiary/aromatic N) is 1. The predicted octanol–water partition coefficient (Wildman–Crippen LogP) is 3.08. The number of rotatable bonds is 6. The highest BCUT2D eigenvalue weighted by Gasteiger charge is 2.19. The van der Waals surface area contributed by atoms with Crippen molar-refractivity contribution in [2.75, 3.05) is 25.5 Å². The Morgan fingerprint density at radius 1 is 1.21 bits per heavy atom. The van der Waals surface area contributed by atoms with Gasteiger partial charge in [0.15, 0.2) is 0 Å². The number of benzene rings is 1. The van der Waals surface area contributed by atoms with E-state index in [4.69, 9.17) is 0 Å². The highest BCUT2D eigenvalue weighted by Crippen LogP contribution is 2.21. The summed E-state index contributed by atoms with van der Waals surface area (Å²) in [5.74, 6) is -0.320. The summed E-state index contributed by atoms with van der Waals surface area (Å²) in [5, 5.41) is 5.52. The molecule has 24 heavy (non-hydrogen) atoms. The Morgan fingerprint density at radius 3 is 2.58 bits per heavy atom. The molecular weight excluding hydrogens is 370 g/mol. The summed E-state index contributed by atoms with van der Waals surface area (Å²) in [6.45, 7) is 2.26. The van der Waals surface area contributed by atoms with Gasteiger partial charge in [0.25, 0.3) is 0 Å². The highest BCUT2D eigenvalue weighted by molar-refractivity contribution is 9.10. The fourth-order valence-electron chi connectivity index (χ4n) is 3.07. The molecule has 132 valence electrons. The third-order valence-electron chi connectivity index (χ3n) is 4.50. The van der Waals surface area contributed by atoms with Gasteiger partial charge in [-0.2, -0.15) is 0 Å². The first-order chi connectivity index (χ1) is 11.5. The second-order valence-corrected chi connectivity index (χ2v) is 7.41. The molecule has 0 saturated heterocycles. The molecule has 5 nitrogen and oxygen atoms in total. The van der Waals surface area contributed by atoms with Crippen LogP contribution in [-0.2, 0) is 9.59 Å². The van der Waals surface area contributed by atoms with Gasteiger partial charge in [0, 0.05) is 16.2 Å². The Bertz CT molecular complexity index is 586. The van der Waals surface area contributed by atoms with Crippen molar-refractivity contribution in [3.63, 3.8) is 0 Å². The topological polar surface area (TPSA) is 61.4 Å². The van der Waals surface area contributed by atoms with Gasteiger partial charge in [-0.3, -0.25) is 14.5 Å². The molecule has 2 rings (SSSR count). The summed E-state index contributed by atoms with van der Waals surface area (Å²) in [5.41, 5.74) is 1.73. The number of carbonyl (C=O) groups is 2. The monoisotopic (exact) mass is 395 g/mol. The summed E-state index contributed by atoms with van der Waals surface area (Å²) in [7, 11) is 1.99. The van der Waals surface area contributed by atoms with Crippen LogP contribution < -0.4 is 10.6 Å². The minimum atomic E-state index is -0.214. The molecule has 0 atom stereocenters. The van der Waals surface area contributed by atoms with E-state index in [1.165, 1.54) is 19.3 Å². The van der Waals surface area contributed by atoms with Crippen LogP contribution in [0, 0.1) is 6.92 Å². The zero-order valence-corrected chi connectivity index (χ0v) is 16.0. The standard InChI is InChI=1S/C18H26BrN3O2/c1-13-10-14(19)8-9-16(13)21-17(23)11-20-18(24)12-22(2)15-6-4-3-5-7-15/h8-10,15H,3-7,11-12H2,1-2H3,(H,20,24)(H,21,23). The number of hydrogen-bond acceptors (Lipinski definition) is 3. The molecule has 6 heteroatoms. The number of amides is 2. The third-order valence-corrected chi connectivity index (χ3v) is 4.99. The van der Waals surface area contributed by atoms with E-state index in [9.17, 15) is 9.59 Å². The number of halogens is 1. The Labute approximate surface area is 152 Å². The number of nitrogens with one attached hydrogen (secondary N) is 2. The molecule has 0 aromatic heterocycles. The van der Waals surface area contributed by atoms with E-state index in [2.05, 4.69) is 31.5 Å². The van der Waals surface area contributed by atoms with Crippen LogP contribution in [0.15, 0.2) is 22.7 Å². The van der Waals surface area contributed by atoms with Crippen LogP contribution in [-0.4, -0.2) is 42.9 Å². The largest absolute Gasteiger partial charge is 0.346 e. The molecule has 1 fully saturated rings. The maximum Gasteiger partial charge on any atom is 0.243 e. The van der Waals surface area contributed by atoms with E-state index in [0.29, 0.717) is 12.6 Å². The molecule has 0 aliphatic heterocycles. The lowest BCUT2D eigenvalue weighted by atomic mass is 9.94. The summed E-state index contributed by atoms with van der Waals surface area (Å²) < 4.78 is 0.969. The van der Waals surface area contributed by atoms with Gasteiger partial charge in [0.1, 0.15) is 0 Å². The summed E-state index contributed by atoms with van der Waals surface area (Å²) in [4.78, 5) is 26.1. The fraction of sp³-hybridized carbons (Fsp3) is 0.556. The van der Waals surface area contributed by atoms with Crippen molar-refractivity contribution in [1.82, 2.24) is 10.2 Å². The van der Waals surface area contributed by atoms with E-state index < -0.39 is 0 Å². The van der Waals surface area contributed by atoms with Crippen LogP contribution in [0.5, 0.6) is 0 Å². The lowest BCUT2D eigenvalue weighted by Gasteiger charge is -2.30. The first kappa shape index (κ1) is 18.9. The minimum absolute atomic E-state index is 0.00710. The average molecular weight is 396 g/mol. The van der Waals surface area contributed by atoms with Gasteiger partial charge in [0.05, 0.1) is 13.1 Å². The van der Waals surface area contributed by atoms with Crippen molar-refractivity contribution in [3.8, 4) is 0 Å². The minimum Gasteiger partial charge on any atom is -0.346 e. The Balaban J connectivity index is 1.73. The Kier molecular flexibility index (Phi) is 7.24. The molecule has 0 spiro atoms. The van der Waals surface area contributed by atoms with Crippen LogP contribution in [0.1, 0.15) is 37.7 Å². The molecule has 1 aliphatic carbocycles. The van der Waals surface area contributed by atoms with Crippen LogP contribution >= 0.6 is 15.9 Å². The molecule has 1 aromatic rings. The van der Waals surface area contributed by atoms with Crippen molar-refractivity contribution < 1.29 is 9.59 Å². The summed E-state index contributed by atoms with van der Waals surface area (Å²) in [6, 6.07) is 6.15. The smallest absolute Gasteiger partial charge is 0.243 e. The van der Waals surface area contributed by atoms with E-state index in [0.717, 1.165) is 28.6 Å². The summed E-state index contributed by atoms with van der Waals surface area (Å²) >= 11 is 3.39. The maximum absolute atomic E-state index is 12.0. The van der Waals surface area contributed by atoms with Crippen LogP contribution in [0.25, 0.3) is 0 Å². The molecule has 0 heterocycles. The molecule has 0 bridgehead atoms. The first-order valence-electron chi connectivity index (χ1n) is 8.48. The molecule has 2 amide bonds. The zero-order valence-electron chi connectivity index (χ0n) is 14.4. The second-order valence-electron chi connectivity index (χ2n) is 6.49. The highest BCUT2D eigenvalue weighted by atomic mass is 79.9. The van der Waals surface area contributed by atoms with Gasteiger partial charge >= 0.3 is 0 Å². The average Bonchev–Trinajstić information content (AvgIpc) is 2.56. The predicted molar refractivity (Wildman–Crippen MR) is 100 cm³/mol. The number of carbonyl (C=O) groups excluding carboxylic acids is 2. The third kappa shape index (κ3) is 5.91. The van der Waals surface area contributed by atoms with Gasteiger partial charge in [0.2, 0.25) is 11.8 Å². The second kappa shape index (κ2) is 9.18. The van der Waals surface area contributed by atoms with E-state index in [1.807, 2.05) is 32.2 Å². The molecule has 0 unspecified atom stereocenters. The van der Waals surface area contributed by atoms with E-state index in [-0.39, 0.29) is 18.4 Å². The van der Waals surface area contributed by atoms with E-state index in [1.54, 1.807) is 0 Å².